The Balaban J connectivity index is 1.41. The fraction of sp³-hybridized carbons (Fsp3) is 0.250. The molecule has 0 aliphatic heterocycles. The molecule has 0 saturated carbocycles. The van der Waals surface area contributed by atoms with Crippen LogP contribution in [0.3, 0.4) is 0 Å². The second-order valence-electron chi connectivity index (χ2n) is 7.13. The van der Waals surface area contributed by atoms with Crippen molar-refractivity contribution >= 4 is 0 Å². The normalized spacial score (nSPS) is 16.1. The lowest BCUT2D eigenvalue weighted by atomic mass is 9.84. The summed E-state index contributed by atoms with van der Waals surface area (Å²) in [5.41, 5.74) is 12.4. The number of hydrogen-bond donors (Lipinski definition) is 1. The van der Waals surface area contributed by atoms with E-state index < -0.39 is 0 Å². The van der Waals surface area contributed by atoms with E-state index in [9.17, 15) is 0 Å². The van der Waals surface area contributed by atoms with Gasteiger partial charge in [-0.25, -0.2) is 0 Å². The van der Waals surface area contributed by atoms with Gasteiger partial charge in [0.25, 0.3) is 0 Å². The summed E-state index contributed by atoms with van der Waals surface area (Å²) in [4.78, 5) is 0. The molecule has 1 aliphatic rings. The van der Waals surface area contributed by atoms with Gasteiger partial charge in [-0.05, 0) is 71.7 Å². The van der Waals surface area contributed by atoms with Gasteiger partial charge in [0.15, 0.2) is 0 Å². The summed E-state index contributed by atoms with van der Waals surface area (Å²) < 4.78 is 6.04. The van der Waals surface area contributed by atoms with Crippen molar-refractivity contribution in [2.24, 2.45) is 11.7 Å². The molecule has 3 aromatic rings. The SMILES string of the molecule is NCC1CCc2ccc(OCc3ccc(-c4ccccc4)cc3)cc2C1. The molecule has 2 N–H and O–H groups in total. The summed E-state index contributed by atoms with van der Waals surface area (Å²) in [6.45, 7) is 1.37. The second-order valence-corrected chi connectivity index (χ2v) is 7.13. The van der Waals surface area contributed by atoms with Crippen LogP contribution in [0, 0.1) is 5.92 Å². The van der Waals surface area contributed by atoms with Crippen molar-refractivity contribution in [3.05, 3.63) is 89.5 Å². The maximum Gasteiger partial charge on any atom is 0.120 e. The first kappa shape index (κ1) is 16.9. The molecular formula is C24H25NO. The molecule has 2 heteroatoms. The molecule has 2 nitrogen and oxygen atoms in total. The van der Waals surface area contributed by atoms with Crippen molar-refractivity contribution in [3.63, 3.8) is 0 Å². The monoisotopic (exact) mass is 343 g/mol. The van der Waals surface area contributed by atoms with E-state index >= 15 is 0 Å². The van der Waals surface area contributed by atoms with Gasteiger partial charge in [0.05, 0.1) is 0 Å². The van der Waals surface area contributed by atoms with E-state index in [1.54, 1.807) is 0 Å². The Morgan fingerprint density at radius 1 is 0.846 bits per heavy atom. The van der Waals surface area contributed by atoms with E-state index in [4.69, 9.17) is 10.5 Å². The molecular weight excluding hydrogens is 318 g/mol. The van der Waals surface area contributed by atoms with E-state index in [0.29, 0.717) is 12.5 Å². The van der Waals surface area contributed by atoms with Crippen molar-refractivity contribution in [1.82, 2.24) is 0 Å². The summed E-state index contributed by atoms with van der Waals surface area (Å²) in [6, 6.07) is 25.6. The Labute approximate surface area is 155 Å². The highest BCUT2D eigenvalue weighted by molar-refractivity contribution is 5.63. The topological polar surface area (TPSA) is 35.2 Å². The van der Waals surface area contributed by atoms with E-state index in [1.807, 2.05) is 6.07 Å². The Bertz CT molecular complexity index is 855. The zero-order valence-corrected chi connectivity index (χ0v) is 15.0. The molecule has 0 saturated heterocycles. The highest BCUT2D eigenvalue weighted by atomic mass is 16.5. The van der Waals surface area contributed by atoms with Crippen LogP contribution in [-0.4, -0.2) is 6.54 Å². The average molecular weight is 343 g/mol. The molecule has 1 aliphatic carbocycles. The zero-order chi connectivity index (χ0) is 17.8. The van der Waals surface area contributed by atoms with Crippen LogP contribution in [0.15, 0.2) is 72.8 Å². The molecule has 0 heterocycles. The molecule has 0 spiro atoms. The maximum absolute atomic E-state index is 6.04. The lowest BCUT2D eigenvalue weighted by molar-refractivity contribution is 0.305. The van der Waals surface area contributed by atoms with Gasteiger partial charge in [-0.15, -0.1) is 0 Å². The van der Waals surface area contributed by atoms with Crippen LogP contribution < -0.4 is 10.5 Å². The first-order chi connectivity index (χ1) is 12.8. The van der Waals surface area contributed by atoms with E-state index in [-0.39, 0.29) is 0 Å². The van der Waals surface area contributed by atoms with Gasteiger partial charge in [0.1, 0.15) is 12.4 Å². The lowest BCUT2D eigenvalue weighted by Gasteiger charge is -2.23. The third kappa shape index (κ3) is 3.81. The molecule has 3 aromatic carbocycles. The highest BCUT2D eigenvalue weighted by Gasteiger charge is 2.17. The van der Waals surface area contributed by atoms with Crippen LogP contribution in [-0.2, 0) is 19.4 Å². The van der Waals surface area contributed by atoms with Crippen LogP contribution in [0.5, 0.6) is 5.75 Å². The molecule has 26 heavy (non-hydrogen) atoms. The number of benzene rings is 3. The fourth-order valence-electron chi connectivity index (χ4n) is 3.69. The van der Waals surface area contributed by atoms with Crippen LogP contribution in [0.2, 0.25) is 0 Å². The summed E-state index contributed by atoms with van der Waals surface area (Å²) in [5, 5.41) is 0. The van der Waals surface area contributed by atoms with E-state index in [1.165, 1.54) is 34.2 Å². The maximum atomic E-state index is 6.04. The smallest absolute Gasteiger partial charge is 0.120 e. The van der Waals surface area contributed by atoms with Gasteiger partial charge in [0, 0.05) is 0 Å². The number of ether oxygens (including phenoxy) is 1. The van der Waals surface area contributed by atoms with Crippen molar-refractivity contribution in [3.8, 4) is 16.9 Å². The van der Waals surface area contributed by atoms with Gasteiger partial charge < -0.3 is 10.5 Å². The molecule has 0 amide bonds. The van der Waals surface area contributed by atoms with Crippen LogP contribution in [0.25, 0.3) is 11.1 Å². The average Bonchev–Trinajstić information content (AvgIpc) is 2.72. The number of nitrogens with two attached hydrogens (primary N) is 1. The van der Waals surface area contributed by atoms with Gasteiger partial charge >= 0.3 is 0 Å². The predicted molar refractivity (Wildman–Crippen MR) is 107 cm³/mol. The van der Waals surface area contributed by atoms with Gasteiger partial charge in [-0.3, -0.25) is 0 Å². The van der Waals surface area contributed by atoms with Crippen molar-refractivity contribution in [2.45, 2.75) is 25.9 Å². The molecule has 132 valence electrons. The Morgan fingerprint density at radius 2 is 1.62 bits per heavy atom. The minimum Gasteiger partial charge on any atom is -0.489 e. The van der Waals surface area contributed by atoms with Crippen molar-refractivity contribution < 1.29 is 4.74 Å². The number of aryl methyl sites for hydroxylation is 1. The van der Waals surface area contributed by atoms with Crippen LogP contribution >= 0.6 is 0 Å². The largest absolute Gasteiger partial charge is 0.489 e. The number of fused-ring (bicyclic) bond motifs is 1. The van der Waals surface area contributed by atoms with E-state index in [0.717, 1.165) is 25.1 Å². The lowest BCUT2D eigenvalue weighted by Crippen LogP contribution is -2.22. The molecule has 0 radical (unpaired) electrons. The summed E-state index contributed by atoms with van der Waals surface area (Å²) in [7, 11) is 0. The molecule has 0 bridgehead atoms. The Morgan fingerprint density at radius 3 is 2.38 bits per heavy atom. The van der Waals surface area contributed by atoms with Crippen LogP contribution in [0.1, 0.15) is 23.1 Å². The van der Waals surface area contributed by atoms with Gasteiger partial charge in [-0.2, -0.15) is 0 Å². The molecule has 4 rings (SSSR count). The standard InChI is InChI=1S/C24H25NO/c25-16-19-8-11-22-12-13-24(15-23(22)14-19)26-17-18-6-9-21(10-7-18)20-4-2-1-3-5-20/h1-7,9-10,12-13,15,19H,8,11,14,16-17,25H2. The molecule has 0 fully saturated rings. The Hall–Kier alpha value is -2.58. The third-order valence-corrected chi connectivity index (χ3v) is 5.31. The van der Waals surface area contributed by atoms with Crippen LogP contribution in [0.4, 0.5) is 0 Å². The zero-order valence-electron chi connectivity index (χ0n) is 15.0. The van der Waals surface area contributed by atoms with E-state index in [2.05, 4.69) is 66.7 Å². The second kappa shape index (κ2) is 7.76. The van der Waals surface area contributed by atoms with Gasteiger partial charge in [0.2, 0.25) is 0 Å². The minimum absolute atomic E-state index is 0.591. The van der Waals surface area contributed by atoms with Gasteiger partial charge in [-0.1, -0.05) is 60.7 Å². The minimum atomic E-state index is 0.591. The quantitative estimate of drug-likeness (QED) is 0.708. The Kier molecular flexibility index (Phi) is 5.03. The molecule has 1 atom stereocenters. The fourth-order valence-corrected chi connectivity index (χ4v) is 3.69. The number of hydrogen-bond acceptors (Lipinski definition) is 2. The van der Waals surface area contributed by atoms with Crippen molar-refractivity contribution in [2.75, 3.05) is 6.54 Å². The van der Waals surface area contributed by atoms with Crippen molar-refractivity contribution in [1.29, 1.82) is 0 Å². The summed E-state index contributed by atoms with van der Waals surface area (Å²) in [5.74, 6) is 1.57. The molecule has 0 aromatic heterocycles. The first-order valence-electron chi connectivity index (χ1n) is 9.41. The third-order valence-electron chi connectivity index (χ3n) is 5.31. The number of rotatable bonds is 5. The highest BCUT2D eigenvalue weighted by Crippen LogP contribution is 2.28. The predicted octanol–water partition coefficient (Wildman–Crippen LogP) is 5.00. The summed E-state index contributed by atoms with van der Waals surface area (Å²) in [6.07, 6.45) is 3.42. The molecule has 1 unspecified atom stereocenters. The first-order valence-corrected chi connectivity index (χ1v) is 9.41. The summed E-state index contributed by atoms with van der Waals surface area (Å²) >= 11 is 0.